The fourth-order valence-electron chi connectivity index (χ4n) is 4.13. The first-order valence-corrected chi connectivity index (χ1v) is 10.6. The summed E-state index contributed by atoms with van der Waals surface area (Å²) in [7, 11) is 2.99. The van der Waals surface area contributed by atoms with Crippen LogP contribution in [0.1, 0.15) is 5.69 Å². The molecule has 5 rings (SSSR count). The first-order valence-electron chi connectivity index (χ1n) is 10.6. The van der Waals surface area contributed by atoms with E-state index < -0.39 is 17.9 Å². The number of benzene rings is 1. The van der Waals surface area contributed by atoms with E-state index >= 15 is 0 Å². The number of carbonyl (C=O) groups is 2. The third-order valence-electron chi connectivity index (χ3n) is 5.76. The van der Waals surface area contributed by atoms with Crippen molar-refractivity contribution in [3.8, 4) is 11.5 Å². The highest BCUT2D eigenvalue weighted by atomic mass is 16.5. The second kappa shape index (κ2) is 8.43. The number of urea groups is 1. The van der Waals surface area contributed by atoms with Gasteiger partial charge in [0.25, 0.3) is 5.56 Å². The van der Waals surface area contributed by atoms with Crippen LogP contribution in [0.25, 0.3) is 5.65 Å². The molecule has 0 bridgehead atoms. The first kappa shape index (κ1) is 21.3. The molecule has 34 heavy (non-hydrogen) atoms. The Morgan fingerprint density at radius 3 is 2.50 bits per heavy atom. The number of nitrogens with zero attached hydrogens (tertiary/aromatic N) is 4. The maximum absolute atomic E-state index is 13.7. The Balaban J connectivity index is 1.62. The van der Waals surface area contributed by atoms with Crippen molar-refractivity contribution in [3.05, 3.63) is 89.0 Å². The lowest BCUT2D eigenvalue weighted by Gasteiger charge is -2.26. The summed E-state index contributed by atoms with van der Waals surface area (Å²) in [6.07, 6.45) is 8.65. The number of anilines is 1. The number of fused-ring (bicyclic) bond motifs is 2. The highest BCUT2D eigenvalue weighted by Gasteiger charge is 2.48. The van der Waals surface area contributed by atoms with Gasteiger partial charge in [-0.3, -0.25) is 9.20 Å². The molecule has 9 nitrogen and oxygen atoms in total. The maximum Gasteiger partial charge on any atom is 0.506 e. The Labute approximate surface area is 194 Å². The third-order valence-corrected chi connectivity index (χ3v) is 5.76. The molecule has 3 amide bonds. The van der Waals surface area contributed by atoms with Gasteiger partial charge >= 0.3 is 11.9 Å². The van der Waals surface area contributed by atoms with Crippen molar-refractivity contribution < 1.29 is 23.6 Å². The standard InChI is InChI=1S/C25H21N4O5/c1-33-18-12-17(13-19(14-18)34-2)29-24(31)20-7-3-4-8-21(20)28(25(29)32)15-16-11-23(30)27-10-6-5-9-22(27)26-16/h3-14,20H,15H2,1-2H3/q+1. The fourth-order valence-corrected chi connectivity index (χ4v) is 4.13. The van der Waals surface area contributed by atoms with E-state index in [1.807, 2.05) is 0 Å². The average Bonchev–Trinajstić information content (AvgIpc) is 2.86. The largest absolute Gasteiger partial charge is 0.506 e. The van der Waals surface area contributed by atoms with Crippen molar-refractivity contribution in [2.24, 2.45) is 5.92 Å². The number of allylic oxidation sites excluding steroid dienone is 3. The molecule has 0 saturated heterocycles. The van der Waals surface area contributed by atoms with Crippen LogP contribution in [0.15, 0.2) is 77.8 Å². The molecule has 9 heteroatoms. The van der Waals surface area contributed by atoms with Crippen molar-refractivity contribution in [2.45, 2.75) is 6.54 Å². The second-order valence-electron chi connectivity index (χ2n) is 7.77. The summed E-state index contributed by atoms with van der Waals surface area (Å²) in [6, 6.07) is 11.0. The molecule has 1 aliphatic carbocycles. The molecule has 170 valence electrons. The summed E-state index contributed by atoms with van der Waals surface area (Å²) in [4.78, 5) is 45.4. The molecule has 2 aliphatic rings. The Hall–Kier alpha value is -4.53. The molecule has 1 aromatic carbocycles. The van der Waals surface area contributed by atoms with Crippen LogP contribution in [-0.4, -0.2) is 45.8 Å². The Kier molecular flexibility index (Phi) is 5.29. The SMILES string of the molecule is COc1cc(OC)cc(N2C(=O)C3C=CC=CC3=[N+](Cc3cc(=O)n4ccccc4n3)C2=O)c1. The van der Waals surface area contributed by atoms with E-state index in [9.17, 15) is 14.4 Å². The van der Waals surface area contributed by atoms with Gasteiger partial charge in [0.05, 0.1) is 19.9 Å². The molecule has 1 unspecified atom stereocenters. The van der Waals surface area contributed by atoms with Gasteiger partial charge in [-0.05, 0) is 18.2 Å². The molecule has 0 spiro atoms. The van der Waals surface area contributed by atoms with Crippen LogP contribution in [0.3, 0.4) is 0 Å². The lowest BCUT2D eigenvalue weighted by Crippen LogP contribution is -2.54. The second-order valence-corrected chi connectivity index (χ2v) is 7.77. The number of pyridine rings is 1. The lowest BCUT2D eigenvalue weighted by molar-refractivity contribution is -0.446. The Bertz CT molecular complexity index is 1460. The average molecular weight is 457 g/mol. The topological polar surface area (TPSA) is 93.2 Å². The van der Waals surface area contributed by atoms with Crippen LogP contribution in [-0.2, 0) is 11.3 Å². The van der Waals surface area contributed by atoms with Crippen LogP contribution in [0.2, 0.25) is 0 Å². The highest BCUT2D eigenvalue weighted by Crippen LogP contribution is 2.32. The molecule has 0 radical (unpaired) electrons. The van der Waals surface area contributed by atoms with Gasteiger partial charge in [-0.15, -0.1) is 4.90 Å². The zero-order valence-electron chi connectivity index (χ0n) is 18.5. The van der Waals surface area contributed by atoms with Gasteiger partial charge in [-0.25, -0.2) is 9.78 Å². The minimum absolute atomic E-state index is 0.0222. The van der Waals surface area contributed by atoms with Gasteiger partial charge < -0.3 is 9.47 Å². The number of methoxy groups -OCH3 is 2. The zero-order valence-corrected chi connectivity index (χ0v) is 18.5. The molecule has 2 aromatic heterocycles. The van der Waals surface area contributed by atoms with E-state index in [0.29, 0.717) is 34.2 Å². The molecular weight excluding hydrogens is 436 g/mol. The van der Waals surface area contributed by atoms with Crippen LogP contribution >= 0.6 is 0 Å². The normalized spacial score (nSPS) is 17.4. The van der Waals surface area contributed by atoms with E-state index in [-0.39, 0.29) is 12.1 Å². The summed E-state index contributed by atoms with van der Waals surface area (Å²) < 4.78 is 13.5. The van der Waals surface area contributed by atoms with Crippen molar-refractivity contribution in [1.29, 1.82) is 0 Å². The number of carbonyl (C=O) groups excluding carboxylic acids is 2. The molecule has 3 aromatic rings. The maximum atomic E-state index is 13.7. The highest BCUT2D eigenvalue weighted by molar-refractivity contribution is 6.25. The van der Waals surface area contributed by atoms with Gasteiger partial charge in [0.15, 0.2) is 0 Å². The van der Waals surface area contributed by atoms with Crippen LogP contribution in [0, 0.1) is 5.92 Å². The van der Waals surface area contributed by atoms with E-state index in [1.54, 1.807) is 66.9 Å². The third kappa shape index (κ3) is 3.57. The summed E-state index contributed by atoms with van der Waals surface area (Å²) in [5, 5.41) is 0. The Morgan fingerprint density at radius 2 is 1.76 bits per heavy atom. The van der Waals surface area contributed by atoms with Gasteiger partial charge in [-0.1, -0.05) is 24.3 Å². The molecule has 0 N–H and O–H groups in total. The van der Waals surface area contributed by atoms with Crippen molar-refractivity contribution in [1.82, 2.24) is 9.38 Å². The summed E-state index contributed by atoms with van der Waals surface area (Å²) >= 11 is 0. The van der Waals surface area contributed by atoms with Crippen molar-refractivity contribution in [2.75, 3.05) is 19.1 Å². The van der Waals surface area contributed by atoms with Crippen molar-refractivity contribution in [3.63, 3.8) is 0 Å². The zero-order chi connectivity index (χ0) is 23.8. The van der Waals surface area contributed by atoms with Crippen molar-refractivity contribution >= 4 is 29.0 Å². The molecule has 0 fully saturated rings. The van der Waals surface area contributed by atoms with E-state index in [4.69, 9.17) is 9.47 Å². The summed E-state index contributed by atoms with van der Waals surface area (Å²) in [5.41, 5.74) is 1.48. The number of hydrogen-bond donors (Lipinski definition) is 0. The minimum Gasteiger partial charge on any atom is -0.496 e. The number of rotatable bonds is 5. The fraction of sp³-hybridized carbons (Fsp3) is 0.160. The van der Waals surface area contributed by atoms with E-state index in [0.717, 1.165) is 4.90 Å². The van der Waals surface area contributed by atoms with Crippen LogP contribution in [0.5, 0.6) is 11.5 Å². The van der Waals surface area contributed by atoms with Crippen LogP contribution < -0.4 is 19.9 Å². The molecule has 0 saturated carbocycles. The van der Waals surface area contributed by atoms with Gasteiger partial charge in [-0.2, -0.15) is 9.37 Å². The number of amides is 3. The smallest absolute Gasteiger partial charge is 0.496 e. The molecule has 1 aliphatic heterocycles. The minimum atomic E-state index is -0.665. The molecule has 3 heterocycles. The molecular formula is C25H21N4O5+. The first-order chi connectivity index (χ1) is 16.5. The Morgan fingerprint density at radius 1 is 1.00 bits per heavy atom. The van der Waals surface area contributed by atoms with E-state index in [2.05, 4.69) is 4.98 Å². The summed E-state index contributed by atoms with van der Waals surface area (Å²) in [6.45, 7) is 0.0222. The van der Waals surface area contributed by atoms with E-state index in [1.165, 1.54) is 29.3 Å². The van der Waals surface area contributed by atoms with Gasteiger partial charge in [0, 0.05) is 30.5 Å². The number of hydrogen-bond acceptors (Lipinski definition) is 6. The predicted molar refractivity (Wildman–Crippen MR) is 125 cm³/mol. The number of imide groups is 1. The summed E-state index contributed by atoms with van der Waals surface area (Å²) in [5.74, 6) is -0.167. The quantitative estimate of drug-likeness (QED) is 0.547. The number of aromatic nitrogens is 2. The lowest BCUT2D eigenvalue weighted by atomic mass is 9.94. The number of ether oxygens (including phenoxy) is 2. The van der Waals surface area contributed by atoms with Gasteiger partial charge in [0.2, 0.25) is 0 Å². The molecule has 1 atom stereocenters. The monoisotopic (exact) mass is 457 g/mol. The van der Waals surface area contributed by atoms with Gasteiger partial charge in [0.1, 0.15) is 41.0 Å². The van der Waals surface area contributed by atoms with Crippen LogP contribution in [0.4, 0.5) is 10.5 Å². The predicted octanol–water partition coefficient (Wildman–Crippen LogP) is 2.57.